The molecule has 0 saturated heterocycles. The highest BCUT2D eigenvalue weighted by molar-refractivity contribution is 9.10. The Balaban J connectivity index is 2.02. The van der Waals surface area contributed by atoms with Crippen LogP contribution in [0.25, 0.3) is 0 Å². The van der Waals surface area contributed by atoms with Gasteiger partial charge in [-0.25, -0.2) is 0 Å². The summed E-state index contributed by atoms with van der Waals surface area (Å²) in [6.45, 7) is -0.0900. The molecule has 0 heterocycles. The molecule has 0 aromatic heterocycles. The van der Waals surface area contributed by atoms with Crippen molar-refractivity contribution in [1.29, 1.82) is 0 Å². The summed E-state index contributed by atoms with van der Waals surface area (Å²) in [6, 6.07) is 14.4. The number of amides is 1. The quantitative estimate of drug-likeness (QED) is 0.800. The largest absolute Gasteiger partial charge is 0.484 e. The molecule has 0 atom stereocenters. The zero-order chi connectivity index (χ0) is 15.2. The van der Waals surface area contributed by atoms with E-state index in [0.29, 0.717) is 17.0 Å². The van der Waals surface area contributed by atoms with E-state index in [-0.39, 0.29) is 17.5 Å². The lowest BCUT2D eigenvalue weighted by molar-refractivity contribution is -0.118. The van der Waals surface area contributed by atoms with Gasteiger partial charge in [0.15, 0.2) is 6.61 Å². The minimum absolute atomic E-state index is 0.0900. The molecule has 3 N–H and O–H groups in total. The van der Waals surface area contributed by atoms with Crippen LogP contribution < -0.4 is 15.8 Å². The van der Waals surface area contributed by atoms with Crippen LogP contribution in [0.5, 0.6) is 5.75 Å². The summed E-state index contributed by atoms with van der Waals surface area (Å²) < 4.78 is 6.20. The molecule has 0 aliphatic heterocycles. The molecule has 108 valence electrons. The predicted octanol–water partition coefficient (Wildman–Crippen LogP) is 3.10. The molecule has 0 saturated carbocycles. The Hall–Kier alpha value is -1.92. The summed E-state index contributed by atoms with van der Waals surface area (Å²) in [6.07, 6.45) is 0. The molecule has 0 fully saturated rings. The Morgan fingerprint density at radius 2 is 1.95 bits per heavy atom. The van der Waals surface area contributed by atoms with E-state index in [9.17, 15) is 4.79 Å². The van der Waals surface area contributed by atoms with Gasteiger partial charge in [-0.3, -0.25) is 4.79 Å². The third kappa shape index (κ3) is 4.54. The molecule has 0 radical (unpaired) electrons. The molecule has 2 aromatic rings. The van der Waals surface area contributed by atoms with Crippen molar-refractivity contribution in [2.24, 2.45) is 5.73 Å². The van der Waals surface area contributed by atoms with Crippen LogP contribution in [-0.2, 0) is 4.79 Å². The van der Waals surface area contributed by atoms with Crippen LogP contribution in [0.3, 0.4) is 0 Å². The molecule has 0 aliphatic carbocycles. The van der Waals surface area contributed by atoms with Gasteiger partial charge in [-0.15, -0.1) is 0 Å². The number of hydrogen-bond acceptors (Lipinski definition) is 3. The van der Waals surface area contributed by atoms with Crippen LogP contribution in [0.15, 0.2) is 53.0 Å². The fourth-order valence-corrected chi connectivity index (χ4v) is 2.23. The van der Waals surface area contributed by atoms with Gasteiger partial charge in [-0.05, 0) is 30.3 Å². The van der Waals surface area contributed by atoms with E-state index < -0.39 is 0 Å². The molecule has 21 heavy (non-hydrogen) atoms. The summed E-state index contributed by atoms with van der Waals surface area (Å²) in [5.74, 6) is 0.353. The smallest absolute Gasteiger partial charge is 0.262 e. The van der Waals surface area contributed by atoms with Gasteiger partial charge in [0.25, 0.3) is 5.91 Å². The van der Waals surface area contributed by atoms with Crippen LogP contribution >= 0.6 is 28.1 Å². The summed E-state index contributed by atoms with van der Waals surface area (Å²) in [4.78, 5) is 12.2. The van der Waals surface area contributed by atoms with Gasteiger partial charge in [0.1, 0.15) is 10.7 Å². The van der Waals surface area contributed by atoms with Crippen molar-refractivity contribution in [2.75, 3.05) is 11.9 Å². The SMILES string of the molecule is NC(=S)c1ccc(Br)cc1NC(=O)COc1ccccc1. The molecule has 1 amide bonds. The number of benzene rings is 2. The Bertz CT molecular complexity index is 662. The molecule has 0 spiro atoms. The molecule has 0 unspecified atom stereocenters. The first-order chi connectivity index (χ1) is 10.1. The first kappa shape index (κ1) is 15.5. The van der Waals surface area contributed by atoms with Crippen LogP contribution in [0.1, 0.15) is 5.56 Å². The second kappa shape index (κ2) is 7.19. The number of para-hydroxylation sites is 1. The number of thiocarbonyl (C=S) groups is 1. The lowest BCUT2D eigenvalue weighted by atomic mass is 10.2. The Morgan fingerprint density at radius 1 is 1.24 bits per heavy atom. The Morgan fingerprint density at radius 3 is 2.62 bits per heavy atom. The summed E-state index contributed by atoms with van der Waals surface area (Å²) in [7, 11) is 0. The number of carbonyl (C=O) groups excluding carboxylic acids is 1. The van der Waals surface area contributed by atoms with Crippen molar-refractivity contribution < 1.29 is 9.53 Å². The first-order valence-electron chi connectivity index (χ1n) is 6.13. The number of hydrogen-bond donors (Lipinski definition) is 2. The average molecular weight is 365 g/mol. The van der Waals surface area contributed by atoms with Gasteiger partial charge >= 0.3 is 0 Å². The van der Waals surface area contributed by atoms with E-state index in [2.05, 4.69) is 21.2 Å². The van der Waals surface area contributed by atoms with Crippen LogP contribution in [0.2, 0.25) is 0 Å². The van der Waals surface area contributed by atoms with E-state index in [1.165, 1.54) is 0 Å². The van der Waals surface area contributed by atoms with Crippen molar-refractivity contribution in [3.8, 4) is 5.75 Å². The minimum Gasteiger partial charge on any atom is -0.484 e. The zero-order valence-electron chi connectivity index (χ0n) is 11.0. The van der Waals surface area contributed by atoms with Gasteiger partial charge in [0, 0.05) is 10.0 Å². The highest BCUT2D eigenvalue weighted by Gasteiger charge is 2.10. The van der Waals surface area contributed by atoms with Gasteiger partial charge in [0.2, 0.25) is 0 Å². The Labute approximate surface area is 136 Å². The third-order valence-electron chi connectivity index (χ3n) is 2.63. The number of carbonyl (C=O) groups is 1. The van der Waals surface area contributed by atoms with Gasteiger partial charge in [-0.2, -0.15) is 0 Å². The van der Waals surface area contributed by atoms with E-state index >= 15 is 0 Å². The van der Waals surface area contributed by atoms with E-state index in [1.807, 2.05) is 24.3 Å². The molecule has 2 rings (SSSR count). The van der Waals surface area contributed by atoms with Gasteiger partial charge < -0.3 is 15.8 Å². The second-order valence-electron chi connectivity index (χ2n) is 4.20. The maximum absolute atomic E-state index is 11.9. The molecule has 2 aromatic carbocycles. The predicted molar refractivity (Wildman–Crippen MR) is 90.6 cm³/mol. The highest BCUT2D eigenvalue weighted by Crippen LogP contribution is 2.21. The van der Waals surface area contributed by atoms with Crippen LogP contribution in [0.4, 0.5) is 5.69 Å². The number of rotatable bonds is 5. The molecule has 0 bridgehead atoms. The first-order valence-corrected chi connectivity index (χ1v) is 7.33. The van der Waals surface area contributed by atoms with Crippen molar-refractivity contribution in [1.82, 2.24) is 0 Å². The fourth-order valence-electron chi connectivity index (χ4n) is 1.69. The number of nitrogens with two attached hydrogens (primary N) is 1. The number of anilines is 1. The fraction of sp³-hybridized carbons (Fsp3) is 0.0667. The van der Waals surface area contributed by atoms with E-state index in [4.69, 9.17) is 22.7 Å². The van der Waals surface area contributed by atoms with E-state index in [0.717, 1.165) is 4.47 Å². The topological polar surface area (TPSA) is 64.3 Å². The van der Waals surface area contributed by atoms with Crippen molar-refractivity contribution >= 4 is 44.7 Å². The number of nitrogens with one attached hydrogen (secondary N) is 1. The lowest BCUT2D eigenvalue weighted by Crippen LogP contribution is -2.22. The lowest BCUT2D eigenvalue weighted by Gasteiger charge is -2.11. The summed E-state index contributed by atoms with van der Waals surface area (Å²) in [5, 5.41) is 2.74. The van der Waals surface area contributed by atoms with Crippen LogP contribution in [0, 0.1) is 0 Å². The molecule has 4 nitrogen and oxygen atoms in total. The maximum Gasteiger partial charge on any atom is 0.262 e. The average Bonchev–Trinajstić information content (AvgIpc) is 2.46. The summed E-state index contributed by atoms with van der Waals surface area (Å²) in [5.41, 5.74) is 6.81. The zero-order valence-corrected chi connectivity index (χ0v) is 13.4. The standard InChI is InChI=1S/C15H13BrN2O2S/c16-10-6-7-12(15(17)21)13(8-10)18-14(19)9-20-11-4-2-1-3-5-11/h1-8H,9H2,(H2,17,21)(H,18,19). The Kier molecular flexibility index (Phi) is 5.30. The van der Waals surface area contributed by atoms with Crippen LogP contribution in [-0.4, -0.2) is 17.5 Å². The van der Waals surface area contributed by atoms with Crippen molar-refractivity contribution in [3.63, 3.8) is 0 Å². The van der Waals surface area contributed by atoms with Gasteiger partial charge in [0.05, 0.1) is 5.69 Å². The normalized spacial score (nSPS) is 9.95. The van der Waals surface area contributed by atoms with Crippen molar-refractivity contribution in [2.45, 2.75) is 0 Å². The van der Waals surface area contributed by atoms with Crippen molar-refractivity contribution in [3.05, 3.63) is 58.6 Å². The van der Waals surface area contributed by atoms with E-state index in [1.54, 1.807) is 24.3 Å². The highest BCUT2D eigenvalue weighted by atomic mass is 79.9. The third-order valence-corrected chi connectivity index (χ3v) is 3.35. The number of ether oxygens (including phenoxy) is 1. The minimum atomic E-state index is -0.283. The molecule has 6 heteroatoms. The number of halogens is 1. The van der Waals surface area contributed by atoms with Gasteiger partial charge in [-0.1, -0.05) is 46.3 Å². The summed E-state index contributed by atoms with van der Waals surface area (Å²) >= 11 is 8.31. The maximum atomic E-state index is 11.9. The second-order valence-corrected chi connectivity index (χ2v) is 5.56. The molecular formula is C15H13BrN2O2S. The molecular weight excluding hydrogens is 352 g/mol. The monoisotopic (exact) mass is 364 g/mol. The molecule has 0 aliphatic rings.